The van der Waals surface area contributed by atoms with Crippen LogP contribution in [0.25, 0.3) is 16.8 Å². The highest BCUT2D eigenvalue weighted by atomic mass is 32.2. The first-order valence-electron chi connectivity index (χ1n) is 10.3. The van der Waals surface area contributed by atoms with E-state index in [0.717, 1.165) is 29.1 Å². The zero-order chi connectivity index (χ0) is 22.3. The van der Waals surface area contributed by atoms with E-state index in [2.05, 4.69) is 34.0 Å². The summed E-state index contributed by atoms with van der Waals surface area (Å²) in [6.07, 6.45) is 8.44. The third-order valence-corrected chi connectivity index (χ3v) is 7.87. The van der Waals surface area contributed by atoms with Crippen molar-refractivity contribution in [2.45, 2.75) is 52.0 Å². The zero-order valence-corrected chi connectivity index (χ0v) is 18.6. The van der Waals surface area contributed by atoms with Gasteiger partial charge in [-0.1, -0.05) is 26.0 Å². The first kappa shape index (κ1) is 21.2. The second-order valence-corrected chi connectivity index (χ2v) is 9.69. The summed E-state index contributed by atoms with van der Waals surface area (Å²) in [5.74, 6) is 1.17. The molecule has 1 fully saturated rings. The van der Waals surface area contributed by atoms with Gasteiger partial charge in [-0.25, -0.2) is 17.4 Å². The minimum absolute atomic E-state index is 0.0394. The van der Waals surface area contributed by atoms with Crippen molar-refractivity contribution in [3.8, 4) is 0 Å². The van der Waals surface area contributed by atoms with Crippen LogP contribution in [0.15, 0.2) is 42.1 Å². The fourth-order valence-corrected chi connectivity index (χ4v) is 5.99. The molecule has 1 aliphatic carbocycles. The van der Waals surface area contributed by atoms with Gasteiger partial charge < -0.3 is 5.32 Å². The van der Waals surface area contributed by atoms with E-state index >= 15 is 0 Å². The van der Waals surface area contributed by atoms with Crippen LogP contribution in [0.3, 0.4) is 0 Å². The van der Waals surface area contributed by atoms with Crippen LogP contribution in [-0.4, -0.2) is 43.9 Å². The Hall–Kier alpha value is -3.01. The summed E-state index contributed by atoms with van der Waals surface area (Å²) in [6.45, 7) is 8.92. The smallest absolute Gasteiger partial charge is 0.269 e. The van der Waals surface area contributed by atoms with Crippen molar-refractivity contribution in [3.63, 3.8) is 0 Å². The average Bonchev–Trinajstić information content (AvgIpc) is 3.43. The van der Waals surface area contributed by atoms with E-state index in [1.54, 1.807) is 13.0 Å². The average molecular weight is 443 g/mol. The molecule has 164 valence electrons. The third-order valence-electron chi connectivity index (χ3n) is 6.06. The Labute approximate surface area is 180 Å². The fraction of sp³-hybridized carbons (Fsp3) is 0.429. The molecule has 3 aromatic rings. The lowest BCUT2D eigenvalue weighted by atomic mass is 9.93. The minimum Gasteiger partial charge on any atom is -0.354 e. The number of aromatic nitrogens is 5. The predicted octanol–water partition coefficient (Wildman–Crippen LogP) is 2.76. The normalized spacial score (nSPS) is 22.3. The summed E-state index contributed by atoms with van der Waals surface area (Å²) < 4.78 is 29.1. The number of fused-ring (bicyclic) bond motifs is 3. The van der Waals surface area contributed by atoms with E-state index in [0.29, 0.717) is 22.7 Å². The lowest BCUT2D eigenvalue weighted by Crippen LogP contribution is -2.30. The second kappa shape index (κ2) is 7.92. The number of hydrogen-bond acceptors (Lipinski definition) is 6. The van der Waals surface area contributed by atoms with Crippen LogP contribution in [-0.2, 0) is 14.8 Å². The molecule has 4 rings (SSSR count). The van der Waals surface area contributed by atoms with Gasteiger partial charge in [-0.15, -0.1) is 10.2 Å². The minimum atomic E-state index is -3.81. The van der Waals surface area contributed by atoms with Gasteiger partial charge in [0.25, 0.3) is 10.0 Å². The fourth-order valence-electron chi connectivity index (χ4n) is 4.67. The number of nitrogens with one attached hydrogen (secondary N) is 1. The van der Waals surface area contributed by atoms with Gasteiger partial charge in [0.1, 0.15) is 5.82 Å². The van der Waals surface area contributed by atoms with Crippen molar-refractivity contribution >= 4 is 32.7 Å². The van der Waals surface area contributed by atoms with Crippen molar-refractivity contribution in [2.24, 2.45) is 5.92 Å². The molecule has 3 aromatic heterocycles. The highest BCUT2D eigenvalue weighted by Crippen LogP contribution is 2.41. The molecule has 31 heavy (non-hydrogen) atoms. The van der Waals surface area contributed by atoms with Crippen LogP contribution in [0, 0.1) is 5.92 Å². The van der Waals surface area contributed by atoms with Crippen molar-refractivity contribution in [1.29, 1.82) is 0 Å². The quantitative estimate of drug-likeness (QED) is 0.588. The highest BCUT2D eigenvalue weighted by molar-refractivity contribution is 7.94. The summed E-state index contributed by atoms with van der Waals surface area (Å²) >= 11 is 0. The third kappa shape index (κ3) is 3.44. The summed E-state index contributed by atoms with van der Waals surface area (Å²) in [6, 6.07) is 1.81. The monoisotopic (exact) mass is 442 g/mol. The number of allylic oxidation sites excluding steroid dienone is 2. The van der Waals surface area contributed by atoms with Gasteiger partial charge in [0, 0.05) is 25.1 Å². The topological polar surface area (TPSA) is 111 Å². The molecule has 0 unspecified atom stereocenters. The number of carbonyl (C=O) groups is 1. The van der Waals surface area contributed by atoms with Crippen molar-refractivity contribution in [2.75, 3.05) is 0 Å². The van der Waals surface area contributed by atoms with Crippen LogP contribution in [0.2, 0.25) is 0 Å². The maximum atomic E-state index is 13.0. The van der Waals surface area contributed by atoms with Crippen LogP contribution >= 0.6 is 0 Å². The standard InChI is InChI=1S/C21H26N6O3S/c1-5-14-10-15(23-13(4)28)11-17(14)20-25-24-19-12-22-21-18(27(19)20)8-9-26(21)31(29,30)16(6-2)7-3/h6-9,12,14-15,17H,2,5,10-11H2,1,3-4H3,(H,23,28)/b16-7+/t14-,15+,17+/m1/s1. The predicted molar refractivity (Wildman–Crippen MR) is 118 cm³/mol. The number of rotatable bonds is 6. The van der Waals surface area contributed by atoms with E-state index < -0.39 is 10.0 Å². The van der Waals surface area contributed by atoms with Gasteiger partial charge in [0.05, 0.1) is 16.6 Å². The Morgan fingerprint density at radius 1 is 1.35 bits per heavy atom. The molecule has 0 aromatic carbocycles. The van der Waals surface area contributed by atoms with Gasteiger partial charge >= 0.3 is 0 Å². The van der Waals surface area contributed by atoms with Crippen molar-refractivity contribution in [1.82, 2.24) is 28.9 Å². The largest absolute Gasteiger partial charge is 0.354 e. The Bertz CT molecular complexity index is 1300. The maximum Gasteiger partial charge on any atom is 0.269 e. The second-order valence-electron chi connectivity index (χ2n) is 7.87. The van der Waals surface area contributed by atoms with Crippen LogP contribution in [0.5, 0.6) is 0 Å². The number of carbonyl (C=O) groups excluding carboxylic acids is 1. The first-order valence-corrected chi connectivity index (χ1v) is 11.8. The zero-order valence-electron chi connectivity index (χ0n) is 17.8. The molecular weight excluding hydrogens is 416 g/mol. The number of amides is 1. The molecular formula is C21H26N6O3S. The highest BCUT2D eigenvalue weighted by Gasteiger charge is 2.37. The van der Waals surface area contributed by atoms with Gasteiger partial charge in [-0.05, 0) is 37.8 Å². The molecule has 1 N–H and O–H groups in total. The van der Waals surface area contributed by atoms with E-state index in [1.165, 1.54) is 31.5 Å². The number of nitrogens with zero attached hydrogens (tertiary/aromatic N) is 5. The summed E-state index contributed by atoms with van der Waals surface area (Å²) in [5.41, 5.74) is 1.49. The molecule has 0 saturated heterocycles. The van der Waals surface area contributed by atoms with Crippen molar-refractivity contribution in [3.05, 3.63) is 47.9 Å². The molecule has 0 aliphatic heterocycles. The Kier molecular flexibility index (Phi) is 5.42. The van der Waals surface area contributed by atoms with Crippen LogP contribution in [0.1, 0.15) is 51.8 Å². The van der Waals surface area contributed by atoms with E-state index in [4.69, 9.17) is 0 Å². The van der Waals surface area contributed by atoms with E-state index in [-0.39, 0.29) is 22.8 Å². The van der Waals surface area contributed by atoms with Crippen molar-refractivity contribution < 1.29 is 13.2 Å². The number of hydrogen-bond donors (Lipinski definition) is 1. The SMILES string of the molecule is C=C/C(=C\C)S(=O)(=O)n1ccc2c1ncc1nnc([C@H]3C[C@@H](NC(C)=O)C[C@H]3CC)n12. The first-order chi connectivity index (χ1) is 14.8. The maximum absolute atomic E-state index is 13.0. The molecule has 9 nitrogen and oxygen atoms in total. The molecule has 1 saturated carbocycles. The lowest BCUT2D eigenvalue weighted by molar-refractivity contribution is -0.119. The summed E-state index contributed by atoms with van der Waals surface area (Å²) in [7, 11) is -3.81. The van der Waals surface area contributed by atoms with Gasteiger partial charge in [0.2, 0.25) is 5.91 Å². The Balaban J connectivity index is 1.85. The molecule has 1 amide bonds. The van der Waals surface area contributed by atoms with E-state index in [9.17, 15) is 13.2 Å². The van der Waals surface area contributed by atoms with E-state index in [1.807, 2.05) is 4.40 Å². The summed E-state index contributed by atoms with van der Waals surface area (Å²) in [4.78, 5) is 16.0. The Morgan fingerprint density at radius 2 is 2.13 bits per heavy atom. The summed E-state index contributed by atoms with van der Waals surface area (Å²) in [5, 5.41) is 11.8. The van der Waals surface area contributed by atoms with Gasteiger partial charge in [-0.2, -0.15) is 0 Å². The molecule has 3 atom stereocenters. The molecule has 1 aliphatic rings. The van der Waals surface area contributed by atoms with Crippen LogP contribution < -0.4 is 5.32 Å². The molecule has 3 heterocycles. The van der Waals surface area contributed by atoms with Crippen LogP contribution in [0.4, 0.5) is 0 Å². The molecule has 10 heteroatoms. The molecule has 0 bridgehead atoms. The van der Waals surface area contributed by atoms with Gasteiger partial charge in [-0.3, -0.25) is 9.20 Å². The molecule has 0 spiro atoms. The Morgan fingerprint density at radius 3 is 2.77 bits per heavy atom. The molecule has 0 radical (unpaired) electrons. The van der Waals surface area contributed by atoms with Gasteiger partial charge in [0.15, 0.2) is 11.3 Å². The lowest BCUT2D eigenvalue weighted by Gasteiger charge is -2.16.